The van der Waals surface area contributed by atoms with Crippen LogP contribution in [0.1, 0.15) is 12.0 Å². The summed E-state index contributed by atoms with van der Waals surface area (Å²) in [7, 11) is -3.77. The van der Waals surface area contributed by atoms with Crippen LogP contribution in [0.25, 0.3) is 0 Å². The molecule has 1 aliphatic heterocycles. The normalized spacial score (nSPS) is 17.8. The van der Waals surface area contributed by atoms with Gasteiger partial charge in [-0.1, -0.05) is 17.7 Å². The van der Waals surface area contributed by atoms with Gasteiger partial charge in [-0.2, -0.15) is 0 Å². The lowest BCUT2D eigenvalue weighted by atomic mass is 10.2. The van der Waals surface area contributed by atoms with Crippen molar-refractivity contribution in [1.29, 1.82) is 0 Å². The Hall–Kier alpha value is -2.71. The fraction of sp³-hybridized carbons (Fsp3) is 0.176. The molecule has 0 saturated carbocycles. The largest absolute Gasteiger partial charge is 0.373 e. The van der Waals surface area contributed by atoms with Gasteiger partial charge in [-0.3, -0.25) is 9.59 Å². The van der Waals surface area contributed by atoms with E-state index in [-0.39, 0.29) is 23.1 Å². The Kier molecular flexibility index (Phi) is 4.32. The van der Waals surface area contributed by atoms with Gasteiger partial charge in [0.1, 0.15) is 6.04 Å². The zero-order valence-electron chi connectivity index (χ0n) is 13.5. The summed E-state index contributed by atoms with van der Waals surface area (Å²) >= 11 is 0. The Morgan fingerprint density at radius 1 is 1.04 bits per heavy atom. The SMILES string of the molecule is Cc1ccc(N2C(=O)CC(Nc3ccc(S(N)(=O)=O)cc3)C2=O)cc1. The molecule has 1 saturated heterocycles. The molecule has 0 spiro atoms. The molecule has 1 fully saturated rings. The van der Waals surface area contributed by atoms with E-state index in [2.05, 4.69) is 5.32 Å². The van der Waals surface area contributed by atoms with E-state index >= 15 is 0 Å². The fourth-order valence-electron chi connectivity index (χ4n) is 2.65. The molecular weight excluding hydrogens is 342 g/mol. The van der Waals surface area contributed by atoms with Gasteiger partial charge >= 0.3 is 0 Å². The highest BCUT2D eigenvalue weighted by atomic mass is 32.2. The van der Waals surface area contributed by atoms with Crippen molar-refractivity contribution >= 4 is 33.2 Å². The summed E-state index contributed by atoms with van der Waals surface area (Å²) in [4.78, 5) is 25.9. The molecule has 1 aliphatic rings. The molecule has 2 aromatic carbocycles. The molecule has 0 aliphatic carbocycles. The number of carbonyl (C=O) groups is 2. The Balaban J connectivity index is 1.77. The van der Waals surface area contributed by atoms with Gasteiger partial charge in [-0.25, -0.2) is 18.5 Å². The summed E-state index contributed by atoms with van der Waals surface area (Å²) in [6.07, 6.45) is 0.0314. The standard InChI is InChI=1S/C17H17N3O4S/c1-11-2-6-13(7-3-11)20-16(21)10-15(17(20)22)19-12-4-8-14(9-5-12)25(18,23)24/h2-9,15,19H,10H2,1H3,(H2,18,23,24). The predicted octanol–water partition coefficient (Wildman–Crippen LogP) is 1.39. The number of carbonyl (C=O) groups excluding carboxylic acids is 2. The molecule has 7 nitrogen and oxygen atoms in total. The summed E-state index contributed by atoms with van der Waals surface area (Å²) < 4.78 is 22.5. The number of hydrogen-bond donors (Lipinski definition) is 2. The van der Waals surface area contributed by atoms with E-state index in [1.165, 1.54) is 24.3 Å². The molecule has 1 unspecified atom stereocenters. The van der Waals surface area contributed by atoms with Crippen LogP contribution in [0.5, 0.6) is 0 Å². The van der Waals surface area contributed by atoms with Crippen molar-refractivity contribution < 1.29 is 18.0 Å². The van der Waals surface area contributed by atoms with Crippen molar-refractivity contribution in [3.05, 3.63) is 54.1 Å². The molecule has 0 aromatic heterocycles. The van der Waals surface area contributed by atoms with Crippen LogP contribution in [-0.4, -0.2) is 26.3 Å². The minimum Gasteiger partial charge on any atom is -0.373 e. The van der Waals surface area contributed by atoms with Crippen LogP contribution in [-0.2, 0) is 19.6 Å². The lowest BCUT2D eigenvalue weighted by molar-refractivity contribution is -0.121. The molecule has 0 bridgehead atoms. The van der Waals surface area contributed by atoms with Gasteiger partial charge in [-0.05, 0) is 43.3 Å². The molecule has 2 aromatic rings. The molecule has 8 heteroatoms. The molecule has 3 N–H and O–H groups in total. The second-order valence-electron chi connectivity index (χ2n) is 5.87. The van der Waals surface area contributed by atoms with Gasteiger partial charge in [0.2, 0.25) is 15.9 Å². The molecule has 2 amide bonds. The first-order valence-electron chi connectivity index (χ1n) is 7.58. The van der Waals surface area contributed by atoms with Gasteiger partial charge in [-0.15, -0.1) is 0 Å². The predicted molar refractivity (Wildman–Crippen MR) is 93.5 cm³/mol. The van der Waals surface area contributed by atoms with E-state index in [1.54, 1.807) is 12.1 Å². The molecule has 25 heavy (non-hydrogen) atoms. The molecule has 130 valence electrons. The minimum absolute atomic E-state index is 0.0202. The maximum absolute atomic E-state index is 12.6. The van der Waals surface area contributed by atoms with Crippen molar-refractivity contribution in [3.63, 3.8) is 0 Å². The second-order valence-corrected chi connectivity index (χ2v) is 7.43. The van der Waals surface area contributed by atoms with E-state index in [0.717, 1.165) is 10.5 Å². The minimum atomic E-state index is -3.77. The first-order valence-corrected chi connectivity index (χ1v) is 9.13. The van der Waals surface area contributed by atoms with E-state index in [1.807, 2.05) is 19.1 Å². The van der Waals surface area contributed by atoms with Gasteiger partial charge in [0.15, 0.2) is 0 Å². The number of imide groups is 1. The number of sulfonamides is 1. The average molecular weight is 359 g/mol. The van der Waals surface area contributed by atoms with Crippen molar-refractivity contribution in [2.75, 3.05) is 10.2 Å². The number of primary sulfonamides is 1. The number of nitrogens with one attached hydrogen (secondary N) is 1. The Morgan fingerprint density at radius 3 is 2.20 bits per heavy atom. The third-order valence-electron chi connectivity index (χ3n) is 3.96. The van der Waals surface area contributed by atoms with Gasteiger partial charge in [0.05, 0.1) is 17.0 Å². The van der Waals surface area contributed by atoms with Gasteiger partial charge < -0.3 is 5.32 Å². The quantitative estimate of drug-likeness (QED) is 0.802. The van der Waals surface area contributed by atoms with Crippen molar-refractivity contribution in [2.24, 2.45) is 5.14 Å². The average Bonchev–Trinajstić information content (AvgIpc) is 2.82. The lowest BCUT2D eigenvalue weighted by Crippen LogP contribution is -2.34. The summed E-state index contributed by atoms with van der Waals surface area (Å²) in [6, 6.07) is 12.1. The maximum atomic E-state index is 12.6. The topological polar surface area (TPSA) is 110 Å². The first-order chi connectivity index (χ1) is 11.8. The van der Waals surface area contributed by atoms with Crippen LogP contribution in [0.15, 0.2) is 53.4 Å². The zero-order chi connectivity index (χ0) is 18.2. The monoisotopic (exact) mass is 359 g/mol. The number of rotatable bonds is 4. The zero-order valence-corrected chi connectivity index (χ0v) is 14.3. The number of amides is 2. The van der Waals surface area contributed by atoms with Gasteiger partial charge in [0.25, 0.3) is 5.91 Å². The fourth-order valence-corrected chi connectivity index (χ4v) is 3.17. The number of benzene rings is 2. The third kappa shape index (κ3) is 3.54. The van der Waals surface area contributed by atoms with Crippen molar-refractivity contribution in [3.8, 4) is 0 Å². The third-order valence-corrected chi connectivity index (χ3v) is 4.89. The van der Waals surface area contributed by atoms with E-state index < -0.39 is 16.1 Å². The van der Waals surface area contributed by atoms with Crippen molar-refractivity contribution in [1.82, 2.24) is 0 Å². The molecule has 1 atom stereocenters. The van der Waals surface area contributed by atoms with Crippen molar-refractivity contribution in [2.45, 2.75) is 24.3 Å². The summed E-state index contributed by atoms with van der Waals surface area (Å²) in [5, 5.41) is 8.01. The number of nitrogens with zero attached hydrogens (tertiary/aromatic N) is 1. The van der Waals surface area contributed by atoms with E-state index in [0.29, 0.717) is 11.4 Å². The molecule has 3 rings (SSSR count). The number of hydrogen-bond acceptors (Lipinski definition) is 5. The Morgan fingerprint density at radius 2 is 1.64 bits per heavy atom. The number of anilines is 2. The highest BCUT2D eigenvalue weighted by Gasteiger charge is 2.39. The first kappa shape index (κ1) is 17.1. The van der Waals surface area contributed by atoms with E-state index in [4.69, 9.17) is 5.14 Å². The van der Waals surface area contributed by atoms with Crippen LogP contribution in [0.2, 0.25) is 0 Å². The van der Waals surface area contributed by atoms with Crippen LogP contribution >= 0.6 is 0 Å². The summed E-state index contributed by atoms with van der Waals surface area (Å²) in [5.41, 5.74) is 2.10. The number of aryl methyl sites for hydroxylation is 1. The van der Waals surface area contributed by atoms with Crippen LogP contribution in [0, 0.1) is 6.92 Å². The Labute approximate surface area is 145 Å². The van der Waals surface area contributed by atoms with Gasteiger partial charge in [0, 0.05) is 5.69 Å². The summed E-state index contributed by atoms with van der Waals surface area (Å²) in [6.45, 7) is 1.92. The highest BCUT2D eigenvalue weighted by Crippen LogP contribution is 2.25. The lowest BCUT2D eigenvalue weighted by Gasteiger charge is -2.16. The summed E-state index contributed by atoms with van der Waals surface area (Å²) in [5.74, 6) is -0.628. The molecular formula is C17H17N3O4S. The second kappa shape index (κ2) is 6.30. The smallest absolute Gasteiger partial charge is 0.256 e. The van der Waals surface area contributed by atoms with E-state index in [9.17, 15) is 18.0 Å². The molecule has 1 heterocycles. The molecule has 0 radical (unpaired) electrons. The number of nitrogens with two attached hydrogens (primary N) is 1. The van der Waals surface area contributed by atoms with Crippen LogP contribution in [0.3, 0.4) is 0 Å². The highest BCUT2D eigenvalue weighted by molar-refractivity contribution is 7.89. The maximum Gasteiger partial charge on any atom is 0.256 e. The van der Waals surface area contributed by atoms with Crippen LogP contribution < -0.4 is 15.4 Å². The Bertz CT molecular complexity index is 921. The van der Waals surface area contributed by atoms with Crippen LogP contribution in [0.4, 0.5) is 11.4 Å².